The Kier molecular flexibility index (Phi) is 4.97. The molecule has 2 heterocycles. The molecule has 2 aromatic carbocycles. The number of phenols is 1. The number of benzene rings is 2. The molecule has 0 aliphatic rings. The lowest BCUT2D eigenvalue weighted by atomic mass is 10.0. The molecule has 1 N–H and O–H groups in total. The molecule has 4 aromatic rings. The Morgan fingerprint density at radius 2 is 1.63 bits per heavy atom. The highest BCUT2D eigenvalue weighted by atomic mass is 79.9. The van der Waals surface area contributed by atoms with Crippen LogP contribution in [0.4, 0.5) is 0 Å². The summed E-state index contributed by atoms with van der Waals surface area (Å²) >= 11 is 10.1. The predicted octanol–water partition coefficient (Wildman–Crippen LogP) is 6.83. The Bertz CT molecular complexity index is 1170. The monoisotopic (exact) mass is 547 g/mol. The second-order valence-corrected chi connectivity index (χ2v) is 8.65. The highest BCUT2D eigenvalue weighted by Gasteiger charge is 2.22. The average Bonchev–Trinajstić information content (AvgIpc) is 3.04. The Hall–Kier alpha value is -1.89. The van der Waals surface area contributed by atoms with Crippen LogP contribution in [0.1, 0.15) is 16.1 Å². The highest BCUT2D eigenvalue weighted by Crippen LogP contribution is 2.36. The van der Waals surface area contributed by atoms with E-state index in [0.717, 1.165) is 21.1 Å². The summed E-state index contributed by atoms with van der Waals surface area (Å²) in [7, 11) is 0. The van der Waals surface area contributed by atoms with Crippen LogP contribution in [0.15, 0.2) is 80.3 Å². The van der Waals surface area contributed by atoms with Gasteiger partial charge in [0, 0.05) is 27.3 Å². The molecular formula is C21H12Br3NO2. The van der Waals surface area contributed by atoms with E-state index in [1.165, 1.54) is 0 Å². The van der Waals surface area contributed by atoms with Crippen molar-refractivity contribution < 1.29 is 9.90 Å². The van der Waals surface area contributed by atoms with Gasteiger partial charge in [-0.2, -0.15) is 0 Å². The average molecular weight is 550 g/mol. The number of halogens is 3. The SMILES string of the molecule is O=C(c1cc(Br)c(O)c(Br)c1)c1c(-c2cccc(Br)c2)cc2ccccn12. The van der Waals surface area contributed by atoms with Crippen LogP contribution in [0.5, 0.6) is 5.75 Å². The molecule has 2 aromatic heterocycles. The number of hydrogen-bond acceptors (Lipinski definition) is 2. The van der Waals surface area contributed by atoms with Crippen LogP contribution in [0.25, 0.3) is 16.6 Å². The van der Waals surface area contributed by atoms with Gasteiger partial charge in [0.25, 0.3) is 0 Å². The second kappa shape index (κ2) is 7.26. The third-order valence-electron chi connectivity index (χ3n) is 4.31. The molecule has 4 rings (SSSR count). The molecule has 0 amide bonds. The van der Waals surface area contributed by atoms with Gasteiger partial charge >= 0.3 is 0 Å². The van der Waals surface area contributed by atoms with Gasteiger partial charge in [0.15, 0.2) is 0 Å². The zero-order valence-electron chi connectivity index (χ0n) is 13.8. The fourth-order valence-corrected chi connectivity index (χ4v) is 4.65. The summed E-state index contributed by atoms with van der Waals surface area (Å²) in [5, 5.41) is 9.96. The van der Waals surface area contributed by atoms with Gasteiger partial charge in [-0.05, 0) is 79.9 Å². The quantitative estimate of drug-likeness (QED) is 0.285. The summed E-state index contributed by atoms with van der Waals surface area (Å²) in [5.41, 5.74) is 3.80. The van der Waals surface area contributed by atoms with E-state index < -0.39 is 0 Å². The number of rotatable bonds is 3. The number of fused-ring (bicyclic) bond motifs is 1. The molecule has 0 bridgehead atoms. The number of aromatic nitrogens is 1. The molecule has 0 fully saturated rings. The Morgan fingerprint density at radius 1 is 0.889 bits per heavy atom. The minimum absolute atomic E-state index is 0.0683. The first-order chi connectivity index (χ1) is 13.0. The van der Waals surface area contributed by atoms with Crippen LogP contribution in [0.2, 0.25) is 0 Å². The van der Waals surface area contributed by atoms with Gasteiger partial charge in [-0.15, -0.1) is 0 Å². The maximum atomic E-state index is 13.5. The number of aromatic hydroxyl groups is 1. The van der Waals surface area contributed by atoms with Gasteiger partial charge < -0.3 is 9.51 Å². The molecule has 0 radical (unpaired) electrons. The number of carbonyl (C=O) groups is 1. The normalized spacial score (nSPS) is 11.1. The van der Waals surface area contributed by atoms with Crippen molar-refractivity contribution in [3.63, 3.8) is 0 Å². The van der Waals surface area contributed by atoms with Crippen molar-refractivity contribution in [3.8, 4) is 16.9 Å². The van der Waals surface area contributed by atoms with Crippen LogP contribution < -0.4 is 0 Å². The number of ketones is 1. The highest BCUT2D eigenvalue weighted by molar-refractivity contribution is 9.11. The van der Waals surface area contributed by atoms with Crippen molar-refractivity contribution in [2.45, 2.75) is 0 Å². The summed E-state index contributed by atoms with van der Waals surface area (Å²) in [6, 6.07) is 19.0. The minimum Gasteiger partial charge on any atom is -0.506 e. The summed E-state index contributed by atoms with van der Waals surface area (Å²) < 4.78 is 3.77. The summed E-state index contributed by atoms with van der Waals surface area (Å²) in [6.45, 7) is 0. The van der Waals surface area contributed by atoms with Crippen molar-refractivity contribution in [1.82, 2.24) is 4.40 Å². The van der Waals surface area contributed by atoms with Crippen molar-refractivity contribution in [2.75, 3.05) is 0 Å². The van der Waals surface area contributed by atoms with Crippen molar-refractivity contribution in [3.05, 3.63) is 91.5 Å². The minimum atomic E-state index is -0.127. The van der Waals surface area contributed by atoms with Crippen molar-refractivity contribution in [2.24, 2.45) is 0 Å². The molecular weight excluding hydrogens is 538 g/mol. The molecule has 0 spiro atoms. The zero-order valence-corrected chi connectivity index (χ0v) is 18.5. The van der Waals surface area contributed by atoms with E-state index in [9.17, 15) is 9.90 Å². The van der Waals surface area contributed by atoms with Gasteiger partial charge in [0.1, 0.15) is 11.4 Å². The number of hydrogen-bond donors (Lipinski definition) is 1. The third-order valence-corrected chi connectivity index (χ3v) is 6.01. The molecule has 3 nitrogen and oxygen atoms in total. The fourth-order valence-electron chi connectivity index (χ4n) is 3.06. The molecule has 0 unspecified atom stereocenters. The van der Waals surface area contributed by atoms with Crippen molar-refractivity contribution >= 4 is 59.1 Å². The first-order valence-electron chi connectivity index (χ1n) is 8.04. The first-order valence-corrected chi connectivity index (χ1v) is 10.4. The van der Waals surface area contributed by atoms with Crippen LogP contribution in [-0.2, 0) is 0 Å². The lowest BCUT2D eigenvalue weighted by Gasteiger charge is -2.09. The zero-order chi connectivity index (χ0) is 19.1. The molecule has 0 atom stereocenters. The van der Waals surface area contributed by atoms with Gasteiger partial charge in [-0.1, -0.05) is 34.1 Å². The molecule has 27 heavy (non-hydrogen) atoms. The summed E-state index contributed by atoms with van der Waals surface area (Å²) in [4.78, 5) is 13.5. The van der Waals surface area contributed by atoms with Crippen molar-refractivity contribution in [1.29, 1.82) is 0 Å². The van der Waals surface area contributed by atoms with Gasteiger partial charge in [-0.25, -0.2) is 0 Å². The Labute approximate surface area is 181 Å². The van der Waals surface area contributed by atoms with Crippen LogP contribution in [0, 0.1) is 0 Å². The molecule has 0 saturated heterocycles. The van der Waals surface area contributed by atoms with E-state index in [1.54, 1.807) is 12.1 Å². The molecule has 0 saturated carbocycles. The second-order valence-electron chi connectivity index (χ2n) is 6.03. The third kappa shape index (κ3) is 3.37. The lowest BCUT2D eigenvalue weighted by molar-refractivity contribution is 0.103. The maximum absolute atomic E-state index is 13.5. The fraction of sp³-hybridized carbons (Fsp3) is 0. The van der Waals surface area contributed by atoms with E-state index in [-0.39, 0.29) is 11.5 Å². The smallest absolute Gasteiger partial charge is 0.210 e. The number of nitrogens with zero attached hydrogens (tertiary/aromatic N) is 1. The Balaban J connectivity index is 1.98. The molecule has 6 heteroatoms. The van der Waals surface area contributed by atoms with Gasteiger partial charge in [0.2, 0.25) is 5.78 Å². The van der Waals surface area contributed by atoms with E-state index in [0.29, 0.717) is 20.2 Å². The topological polar surface area (TPSA) is 41.7 Å². The first kappa shape index (κ1) is 18.5. The predicted molar refractivity (Wildman–Crippen MR) is 117 cm³/mol. The lowest BCUT2D eigenvalue weighted by Crippen LogP contribution is -2.07. The van der Waals surface area contributed by atoms with E-state index in [4.69, 9.17) is 0 Å². The molecule has 134 valence electrons. The number of pyridine rings is 1. The van der Waals surface area contributed by atoms with Crippen LogP contribution >= 0.6 is 47.8 Å². The number of phenolic OH excluding ortho intramolecular Hbond substituents is 1. The van der Waals surface area contributed by atoms with E-state index in [2.05, 4.69) is 47.8 Å². The molecule has 0 aliphatic carbocycles. The van der Waals surface area contributed by atoms with Crippen LogP contribution in [-0.4, -0.2) is 15.3 Å². The maximum Gasteiger partial charge on any atom is 0.210 e. The Morgan fingerprint density at radius 3 is 2.33 bits per heavy atom. The van der Waals surface area contributed by atoms with Gasteiger partial charge in [-0.3, -0.25) is 4.79 Å². The summed E-state index contributed by atoms with van der Waals surface area (Å²) in [6.07, 6.45) is 1.88. The van der Waals surface area contributed by atoms with Crippen LogP contribution in [0.3, 0.4) is 0 Å². The largest absolute Gasteiger partial charge is 0.506 e. The van der Waals surface area contributed by atoms with E-state index in [1.807, 2.05) is 59.1 Å². The summed E-state index contributed by atoms with van der Waals surface area (Å²) in [5.74, 6) is -0.0589. The number of carbonyl (C=O) groups excluding carboxylic acids is 1. The standard InChI is InChI=1S/C21H12Br3NO2/c22-14-5-3-4-12(8-14)16-11-15-6-1-2-7-25(15)19(16)20(26)13-9-17(23)21(27)18(24)10-13/h1-11,27H. The van der Waals surface area contributed by atoms with Gasteiger partial charge in [0.05, 0.1) is 8.95 Å². The molecule has 0 aliphatic heterocycles. The van der Waals surface area contributed by atoms with E-state index >= 15 is 0 Å².